The van der Waals surface area contributed by atoms with Gasteiger partial charge in [-0.1, -0.05) is 140 Å². The van der Waals surface area contributed by atoms with E-state index in [1.807, 2.05) is 128 Å². The summed E-state index contributed by atoms with van der Waals surface area (Å²) in [5.74, 6) is 1.10. The number of nitrogens with one attached hydrogen (secondary N) is 2. The zero-order valence-electron chi connectivity index (χ0n) is 33.9. The number of para-hydroxylation sites is 1. The Morgan fingerprint density at radius 3 is 2.17 bits per heavy atom. The van der Waals surface area contributed by atoms with Gasteiger partial charge in [-0.3, -0.25) is 4.79 Å². The molecular weight excluding hydrogens is 793 g/mol. The molecule has 0 aliphatic carbocycles. The van der Waals surface area contributed by atoms with E-state index < -0.39 is 28.3 Å². The number of amides is 1. The summed E-state index contributed by atoms with van der Waals surface area (Å²) in [6.07, 6.45) is -0.867. The van der Waals surface area contributed by atoms with Crippen molar-refractivity contribution >= 4 is 27.7 Å². The zero-order valence-corrected chi connectivity index (χ0v) is 35.5. The van der Waals surface area contributed by atoms with Crippen LogP contribution in [0.15, 0.2) is 161 Å². The number of carbonyl (C=O) groups is 1. The van der Waals surface area contributed by atoms with Gasteiger partial charge in [0.2, 0.25) is 15.9 Å². The maximum absolute atomic E-state index is 13.8. The standard InChI is InChI=1S/C49H50N2O7S2/c1-33-17-27-41(28-18-33)60(54,55)51-43(29-35-11-5-4-6-12-35)48(53)50-30-40-13-7-8-14-42(40)37-23-25-39(26-24-37)49-57-45(32-59-46-16-10-9-15-44(46)56-3)34(2)47(58-49)38-21-19-36(31-52)20-22-38/h4-28,34,43,45,47,49,51-52H,29-32H2,1-3H3,(H,50,53)/t34-,43+,45+,47+,49+/m0/s1. The average molecular weight is 843 g/mol. The summed E-state index contributed by atoms with van der Waals surface area (Å²) in [4.78, 5) is 15.0. The van der Waals surface area contributed by atoms with Crippen LogP contribution in [0.2, 0.25) is 0 Å². The number of aliphatic hydroxyl groups is 1. The van der Waals surface area contributed by atoms with Gasteiger partial charge in [0.15, 0.2) is 6.29 Å². The highest BCUT2D eigenvalue weighted by molar-refractivity contribution is 7.99. The minimum absolute atomic E-state index is 0.0231. The van der Waals surface area contributed by atoms with E-state index in [0.29, 0.717) is 5.75 Å². The maximum atomic E-state index is 13.8. The first-order valence-electron chi connectivity index (χ1n) is 20.0. The van der Waals surface area contributed by atoms with Gasteiger partial charge < -0.3 is 24.6 Å². The molecule has 310 valence electrons. The van der Waals surface area contributed by atoms with Crippen molar-refractivity contribution in [2.24, 2.45) is 5.92 Å². The number of sulfonamides is 1. The van der Waals surface area contributed by atoms with Crippen LogP contribution >= 0.6 is 11.8 Å². The summed E-state index contributed by atoms with van der Waals surface area (Å²) < 4.78 is 48.6. The molecule has 3 N–H and O–H groups in total. The van der Waals surface area contributed by atoms with E-state index in [-0.39, 0.29) is 42.6 Å². The minimum Gasteiger partial charge on any atom is -0.496 e. The SMILES string of the molecule is COc1ccccc1SC[C@H]1O[C@@H](c2ccc(-c3ccccc3CNC(=O)[C@@H](Cc3ccccc3)NS(=O)(=O)c3ccc(C)cc3)cc2)O[C@@H](c2ccc(CO)cc2)[C@H]1C. The van der Waals surface area contributed by atoms with Crippen molar-refractivity contribution in [1.29, 1.82) is 0 Å². The van der Waals surface area contributed by atoms with Crippen LogP contribution in [0.25, 0.3) is 11.1 Å². The molecule has 1 aliphatic rings. The molecule has 0 aromatic heterocycles. The Morgan fingerprint density at radius 2 is 1.45 bits per heavy atom. The first-order chi connectivity index (χ1) is 29.1. The molecule has 1 fully saturated rings. The van der Waals surface area contributed by atoms with Gasteiger partial charge in [0.1, 0.15) is 11.8 Å². The number of methoxy groups -OCH3 is 1. The zero-order chi connectivity index (χ0) is 42.1. The lowest BCUT2D eigenvalue weighted by Crippen LogP contribution is -2.47. The Bertz CT molecular complexity index is 2450. The van der Waals surface area contributed by atoms with Crippen molar-refractivity contribution in [3.8, 4) is 16.9 Å². The molecular formula is C49H50N2O7S2. The largest absolute Gasteiger partial charge is 0.496 e. The van der Waals surface area contributed by atoms with Gasteiger partial charge >= 0.3 is 0 Å². The topological polar surface area (TPSA) is 123 Å². The Kier molecular flexibility index (Phi) is 14.2. The second-order valence-electron chi connectivity index (χ2n) is 15.0. The third-order valence-corrected chi connectivity index (χ3v) is 13.4. The van der Waals surface area contributed by atoms with Crippen LogP contribution in [-0.2, 0) is 43.9 Å². The first-order valence-corrected chi connectivity index (χ1v) is 22.4. The van der Waals surface area contributed by atoms with E-state index in [4.69, 9.17) is 14.2 Å². The lowest BCUT2D eigenvalue weighted by Gasteiger charge is -2.41. The Morgan fingerprint density at radius 1 is 0.783 bits per heavy atom. The summed E-state index contributed by atoms with van der Waals surface area (Å²) in [5.41, 5.74) is 7.22. The van der Waals surface area contributed by atoms with Crippen molar-refractivity contribution in [2.75, 3.05) is 12.9 Å². The molecule has 0 radical (unpaired) electrons. The van der Waals surface area contributed by atoms with Crippen LogP contribution in [0.5, 0.6) is 5.75 Å². The number of rotatable bonds is 16. The second kappa shape index (κ2) is 19.9. The Labute approximate surface area is 357 Å². The molecule has 60 heavy (non-hydrogen) atoms. The van der Waals surface area contributed by atoms with Crippen LogP contribution in [-0.4, -0.2) is 44.4 Å². The van der Waals surface area contributed by atoms with Crippen molar-refractivity contribution in [1.82, 2.24) is 10.0 Å². The third-order valence-electron chi connectivity index (χ3n) is 10.8. The molecule has 11 heteroatoms. The number of ether oxygens (including phenoxy) is 3. The van der Waals surface area contributed by atoms with Crippen LogP contribution in [0.1, 0.15) is 52.7 Å². The predicted octanol–water partition coefficient (Wildman–Crippen LogP) is 8.95. The molecule has 7 rings (SSSR count). The van der Waals surface area contributed by atoms with Crippen molar-refractivity contribution in [2.45, 2.75) is 67.8 Å². The molecule has 0 unspecified atom stereocenters. The number of hydrogen-bond donors (Lipinski definition) is 3. The molecule has 5 atom stereocenters. The fourth-order valence-corrected chi connectivity index (χ4v) is 9.70. The van der Waals surface area contributed by atoms with E-state index in [0.717, 1.165) is 55.2 Å². The van der Waals surface area contributed by atoms with Gasteiger partial charge in [-0.2, -0.15) is 4.72 Å². The van der Waals surface area contributed by atoms with Crippen molar-refractivity contribution < 1.29 is 32.5 Å². The quantitative estimate of drug-likeness (QED) is 0.0826. The van der Waals surface area contributed by atoms with Gasteiger partial charge in [0, 0.05) is 28.7 Å². The molecule has 0 bridgehead atoms. The summed E-state index contributed by atoms with van der Waals surface area (Å²) in [7, 11) is -2.31. The summed E-state index contributed by atoms with van der Waals surface area (Å²) in [6.45, 7) is 4.19. The van der Waals surface area contributed by atoms with Gasteiger partial charge in [-0.05, 0) is 71.0 Å². The van der Waals surface area contributed by atoms with Gasteiger partial charge in [-0.25, -0.2) is 8.42 Å². The molecule has 9 nitrogen and oxygen atoms in total. The third kappa shape index (κ3) is 10.5. The van der Waals surface area contributed by atoms with Crippen LogP contribution in [0.3, 0.4) is 0 Å². The van der Waals surface area contributed by atoms with Crippen molar-refractivity contribution in [3.63, 3.8) is 0 Å². The number of thioether (sulfide) groups is 1. The lowest BCUT2D eigenvalue weighted by atomic mass is 9.91. The molecule has 1 amide bonds. The van der Waals surface area contributed by atoms with Crippen LogP contribution in [0.4, 0.5) is 0 Å². The minimum atomic E-state index is -3.98. The second-order valence-corrected chi connectivity index (χ2v) is 17.7. The number of carbonyl (C=O) groups excluding carboxylic acids is 1. The van der Waals surface area contributed by atoms with E-state index in [1.165, 1.54) is 0 Å². The molecule has 6 aromatic rings. The number of aryl methyl sites for hydroxylation is 1. The van der Waals surface area contributed by atoms with Crippen LogP contribution in [0, 0.1) is 12.8 Å². The fourth-order valence-electron chi connectivity index (χ4n) is 7.31. The molecule has 1 heterocycles. The smallest absolute Gasteiger partial charge is 0.241 e. The number of aliphatic hydroxyl groups excluding tert-OH is 1. The van der Waals surface area contributed by atoms with Gasteiger partial charge in [-0.15, -0.1) is 11.8 Å². The average Bonchev–Trinajstić information content (AvgIpc) is 3.28. The Hall–Kier alpha value is -5.27. The predicted molar refractivity (Wildman–Crippen MR) is 236 cm³/mol. The monoisotopic (exact) mass is 842 g/mol. The van der Waals surface area contributed by atoms with E-state index in [1.54, 1.807) is 43.1 Å². The highest BCUT2D eigenvalue weighted by atomic mass is 32.2. The van der Waals surface area contributed by atoms with Gasteiger partial charge in [0.05, 0.1) is 30.8 Å². The van der Waals surface area contributed by atoms with E-state index in [9.17, 15) is 18.3 Å². The number of hydrogen-bond acceptors (Lipinski definition) is 8. The highest BCUT2D eigenvalue weighted by Crippen LogP contribution is 2.44. The first kappa shape index (κ1) is 42.8. The molecule has 0 spiro atoms. The number of benzene rings is 6. The molecule has 0 saturated carbocycles. The maximum Gasteiger partial charge on any atom is 0.241 e. The highest BCUT2D eigenvalue weighted by Gasteiger charge is 2.38. The summed E-state index contributed by atoms with van der Waals surface area (Å²) in [6, 6.07) is 46.6. The van der Waals surface area contributed by atoms with Crippen LogP contribution < -0.4 is 14.8 Å². The lowest BCUT2D eigenvalue weighted by molar-refractivity contribution is -0.268. The molecule has 1 saturated heterocycles. The van der Waals surface area contributed by atoms with Crippen molar-refractivity contribution in [3.05, 3.63) is 185 Å². The summed E-state index contributed by atoms with van der Waals surface area (Å²) in [5, 5.41) is 12.7. The Balaban J connectivity index is 1.08. The summed E-state index contributed by atoms with van der Waals surface area (Å²) >= 11 is 1.69. The molecule has 1 aliphatic heterocycles. The van der Waals surface area contributed by atoms with E-state index in [2.05, 4.69) is 23.0 Å². The fraction of sp³-hybridized carbons (Fsp3) is 0.245. The van der Waals surface area contributed by atoms with E-state index >= 15 is 0 Å². The normalized spacial score (nSPS) is 18.4. The van der Waals surface area contributed by atoms with Gasteiger partial charge in [0.25, 0.3) is 0 Å². The molecule has 6 aromatic carbocycles.